The first-order valence-corrected chi connectivity index (χ1v) is 6.66. The van der Waals surface area contributed by atoms with Gasteiger partial charge in [0.2, 0.25) is 5.91 Å². The zero-order valence-corrected chi connectivity index (χ0v) is 11.0. The van der Waals surface area contributed by atoms with E-state index in [2.05, 4.69) is 29.1 Å². The van der Waals surface area contributed by atoms with Crippen molar-refractivity contribution in [2.45, 2.75) is 19.3 Å². The Hall–Kier alpha value is -1.56. The standard InChI is InChI=1S/C12H16N2O3S/c1-7-2-3-10(18-7)8-6-9(8)11(15)14-4-5-17-12(13)16/h2-3,8-9H,4-6H2,1H3,(H2,13,16)(H,14,15). The van der Waals surface area contributed by atoms with Gasteiger partial charge in [-0.3, -0.25) is 4.79 Å². The summed E-state index contributed by atoms with van der Waals surface area (Å²) >= 11 is 1.75. The molecule has 1 fully saturated rings. The van der Waals surface area contributed by atoms with E-state index in [0.29, 0.717) is 12.5 Å². The van der Waals surface area contributed by atoms with E-state index in [9.17, 15) is 9.59 Å². The van der Waals surface area contributed by atoms with E-state index in [1.54, 1.807) is 11.3 Å². The largest absolute Gasteiger partial charge is 0.448 e. The Morgan fingerprint density at radius 3 is 2.94 bits per heavy atom. The Balaban J connectivity index is 1.71. The summed E-state index contributed by atoms with van der Waals surface area (Å²) in [5.74, 6) is 0.455. The molecule has 1 aliphatic rings. The van der Waals surface area contributed by atoms with Crippen molar-refractivity contribution in [3.05, 3.63) is 21.9 Å². The fraction of sp³-hybridized carbons (Fsp3) is 0.500. The average molecular weight is 268 g/mol. The highest BCUT2D eigenvalue weighted by Gasteiger charge is 2.44. The number of carbonyl (C=O) groups is 2. The SMILES string of the molecule is Cc1ccc(C2CC2C(=O)NCCOC(N)=O)s1. The third kappa shape index (κ3) is 3.22. The van der Waals surface area contributed by atoms with Gasteiger partial charge >= 0.3 is 6.09 Å². The Bertz CT molecular complexity index is 458. The third-order valence-corrected chi connectivity index (χ3v) is 4.03. The maximum absolute atomic E-state index is 11.8. The Morgan fingerprint density at radius 1 is 1.56 bits per heavy atom. The summed E-state index contributed by atoms with van der Waals surface area (Å²) in [6, 6.07) is 4.17. The van der Waals surface area contributed by atoms with E-state index < -0.39 is 6.09 Å². The van der Waals surface area contributed by atoms with Crippen LogP contribution >= 0.6 is 11.3 Å². The van der Waals surface area contributed by atoms with Gasteiger partial charge in [-0.05, 0) is 25.5 Å². The molecule has 2 amide bonds. The second-order valence-electron chi connectivity index (χ2n) is 4.36. The minimum Gasteiger partial charge on any atom is -0.448 e. The lowest BCUT2D eigenvalue weighted by Gasteiger charge is -2.04. The van der Waals surface area contributed by atoms with E-state index in [1.807, 2.05) is 0 Å². The number of carbonyl (C=O) groups excluding carboxylic acids is 2. The molecule has 2 rings (SSSR count). The second-order valence-corrected chi connectivity index (χ2v) is 5.68. The van der Waals surface area contributed by atoms with Crippen LogP contribution in [0.25, 0.3) is 0 Å². The van der Waals surface area contributed by atoms with E-state index in [4.69, 9.17) is 5.73 Å². The zero-order chi connectivity index (χ0) is 13.1. The number of amides is 2. The van der Waals surface area contributed by atoms with Crippen molar-refractivity contribution >= 4 is 23.3 Å². The second kappa shape index (κ2) is 5.39. The van der Waals surface area contributed by atoms with Gasteiger partial charge in [0.25, 0.3) is 0 Å². The lowest BCUT2D eigenvalue weighted by Crippen LogP contribution is -2.30. The summed E-state index contributed by atoms with van der Waals surface area (Å²) in [7, 11) is 0. The van der Waals surface area contributed by atoms with Crippen LogP contribution in [-0.4, -0.2) is 25.2 Å². The number of primary amides is 1. The van der Waals surface area contributed by atoms with Crippen molar-refractivity contribution in [2.75, 3.05) is 13.2 Å². The molecule has 0 saturated heterocycles. The van der Waals surface area contributed by atoms with Gasteiger partial charge < -0.3 is 15.8 Å². The number of hydrogen-bond donors (Lipinski definition) is 2. The molecule has 98 valence electrons. The summed E-state index contributed by atoms with van der Waals surface area (Å²) in [5.41, 5.74) is 4.81. The summed E-state index contributed by atoms with van der Waals surface area (Å²) in [6.45, 7) is 2.50. The zero-order valence-electron chi connectivity index (χ0n) is 10.1. The van der Waals surface area contributed by atoms with E-state index in [0.717, 1.165) is 6.42 Å². The van der Waals surface area contributed by atoms with Crippen molar-refractivity contribution in [3.8, 4) is 0 Å². The molecule has 0 bridgehead atoms. The molecule has 2 atom stereocenters. The normalized spacial score (nSPS) is 21.4. The number of hydrogen-bond acceptors (Lipinski definition) is 4. The fourth-order valence-electron chi connectivity index (χ4n) is 1.91. The first kappa shape index (κ1) is 12.9. The molecule has 5 nitrogen and oxygen atoms in total. The van der Waals surface area contributed by atoms with Gasteiger partial charge in [0.15, 0.2) is 0 Å². The van der Waals surface area contributed by atoms with Crippen LogP contribution in [0.15, 0.2) is 12.1 Å². The Kier molecular flexibility index (Phi) is 3.86. The van der Waals surface area contributed by atoms with E-state index in [1.165, 1.54) is 9.75 Å². The molecule has 0 radical (unpaired) electrons. The molecule has 1 aliphatic carbocycles. The molecule has 0 spiro atoms. The molecule has 6 heteroatoms. The monoisotopic (exact) mass is 268 g/mol. The van der Waals surface area contributed by atoms with Gasteiger partial charge in [-0.1, -0.05) is 0 Å². The fourth-order valence-corrected chi connectivity index (χ4v) is 2.96. The maximum atomic E-state index is 11.8. The van der Waals surface area contributed by atoms with Crippen molar-refractivity contribution in [3.63, 3.8) is 0 Å². The van der Waals surface area contributed by atoms with Crippen molar-refractivity contribution < 1.29 is 14.3 Å². The van der Waals surface area contributed by atoms with Crippen LogP contribution in [0.5, 0.6) is 0 Å². The van der Waals surface area contributed by atoms with Crippen LogP contribution in [0.3, 0.4) is 0 Å². The van der Waals surface area contributed by atoms with Crippen molar-refractivity contribution in [1.82, 2.24) is 5.32 Å². The molecular formula is C12H16N2O3S. The average Bonchev–Trinajstić information content (AvgIpc) is 3.00. The predicted molar refractivity (Wildman–Crippen MR) is 68.4 cm³/mol. The maximum Gasteiger partial charge on any atom is 0.404 e. The van der Waals surface area contributed by atoms with Gasteiger partial charge in [0.1, 0.15) is 6.61 Å². The van der Waals surface area contributed by atoms with Crippen LogP contribution in [0, 0.1) is 12.8 Å². The lowest BCUT2D eigenvalue weighted by atomic mass is 10.2. The highest BCUT2D eigenvalue weighted by atomic mass is 32.1. The van der Waals surface area contributed by atoms with Crippen LogP contribution in [-0.2, 0) is 9.53 Å². The predicted octanol–water partition coefficient (Wildman–Crippen LogP) is 1.37. The first-order valence-electron chi connectivity index (χ1n) is 5.84. The van der Waals surface area contributed by atoms with Crippen LogP contribution in [0.2, 0.25) is 0 Å². The number of nitrogens with one attached hydrogen (secondary N) is 1. The molecule has 3 N–H and O–H groups in total. The number of thiophene rings is 1. The van der Waals surface area contributed by atoms with Crippen molar-refractivity contribution in [1.29, 1.82) is 0 Å². The van der Waals surface area contributed by atoms with Crippen LogP contribution < -0.4 is 11.1 Å². The quantitative estimate of drug-likeness (QED) is 0.791. The van der Waals surface area contributed by atoms with Crippen molar-refractivity contribution in [2.24, 2.45) is 11.7 Å². The Labute approximate surface area is 109 Å². The molecule has 18 heavy (non-hydrogen) atoms. The molecular weight excluding hydrogens is 252 g/mol. The third-order valence-electron chi connectivity index (χ3n) is 2.90. The lowest BCUT2D eigenvalue weighted by molar-refractivity contribution is -0.122. The number of rotatable bonds is 5. The van der Waals surface area contributed by atoms with Crippen LogP contribution in [0.4, 0.5) is 4.79 Å². The van der Waals surface area contributed by atoms with Gasteiger partial charge in [0, 0.05) is 21.6 Å². The summed E-state index contributed by atoms with van der Waals surface area (Å²) in [4.78, 5) is 24.6. The molecule has 1 aromatic rings. The highest BCUT2D eigenvalue weighted by Crippen LogP contribution is 2.49. The minimum atomic E-state index is -0.817. The molecule has 1 aromatic heterocycles. The number of nitrogens with two attached hydrogens (primary N) is 1. The minimum absolute atomic E-state index is 0.0270. The molecule has 1 heterocycles. The summed E-state index contributed by atoms with van der Waals surface area (Å²) in [6.07, 6.45) is 0.0882. The molecule has 0 aliphatic heterocycles. The van der Waals surface area contributed by atoms with Crippen LogP contribution in [0.1, 0.15) is 22.1 Å². The number of aryl methyl sites for hydroxylation is 1. The van der Waals surface area contributed by atoms with Gasteiger partial charge in [-0.15, -0.1) is 11.3 Å². The molecule has 2 unspecified atom stereocenters. The molecule has 0 aromatic carbocycles. The summed E-state index contributed by atoms with van der Waals surface area (Å²) < 4.78 is 4.53. The highest BCUT2D eigenvalue weighted by molar-refractivity contribution is 7.12. The number of ether oxygens (including phenoxy) is 1. The smallest absolute Gasteiger partial charge is 0.404 e. The summed E-state index contributed by atoms with van der Waals surface area (Å²) in [5, 5.41) is 2.74. The Morgan fingerprint density at radius 2 is 2.33 bits per heavy atom. The first-order chi connectivity index (χ1) is 8.58. The molecule has 1 saturated carbocycles. The topological polar surface area (TPSA) is 81.4 Å². The van der Waals surface area contributed by atoms with E-state index >= 15 is 0 Å². The van der Waals surface area contributed by atoms with Gasteiger partial charge in [-0.2, -0.15) is 0 Å². The van der Waals surface area contributed by atoms with Gasteiger partial charge in [0.05, 0.1) is 6.54 Å². The van der Waals surface area contributed by atoms with E-state index in [-0.39, 0.29) is 18.4 Å². The van der Waals surface area contributed by atoms with Gasteiger partial charge in [-0.25, -0.2) is 4.79 Å².